The normalized spacial score (nSPS) is 27.0. The van der Waals surface area contributed by atoms with Crippen LogP contribution in [0.2, 0.25) is 0 Å². The van der Waals surface area contributed by atoms with E-state index in [0.717, 1.165) is 11.1 Å². The van der Waals surface area contributed by atoms with E-state index in [1.165, 1.54) is 18.1 Å². The van der Waals surface area contributed by atoms with Gasteiger partial charge in [-0.25, -0.2) is 4.79 Å². The summed E-state index contributed by atoms with van der Waals surface area (Å²) in [5, 5.41) is 12.8. The molecule has 0 spiro atoms. The number of fused-ring (bicyclic) bond motifs is 1. The molecule has 1 unspecified atom stereocenters. The zero-order chi connectivity index (χ0) is 16.2. The minimum atomic E-state index is -1.28. The van der Waals surface area contributed by atoms with Gasteiger partial charge >= 0.3 is 5.97 Å². The van der Waals surface area contributed by atoms with E-state index < -0.39 is 11.5 Å². The smallest absolute Gasteiger partial charge is 0.330 e. The second kappa shape index (κ2) is 4.69. The summed E-state index contributed by atoms with van der Waals surface area (Å²) >= 11 is 0. The molecule has 0 heterocycles. The Morgan fingerprint density at radius 1 is 1.00 bits per heavy atom. The summed E-state index contributed by atoms with van der Waals surface area (Å²) in [4.78, 5) is 24.0. The molecular weight excluding hydrogens is 290 g/mol. The molecule has 5 rings (SSSR count). The number of benzene rings is 2. The Morgan fingerprint density at radius 2 is 1.48 bits per heavy atom. The van der Waals surface area contributed by atoms with E-state index in [9.17, 15) is 14.7 Å². The van der Waals surface area contributed by atoms with Crippen molar-refractivity contribution >= 4 is 11.9 Å². The molecule has 0 aromatic heterocycles. The van der Waals surface area contributed by atoms with E-state index in [4.69, 9.17) is 0 Å². The van der Waals surface area contributed by atoms with Gasteiger partial charge in [0.1, 0.15) is 5.54 Å². The third-order valence-corrected chi connectivity index (χ3v) is 5.16. The summed E-state index contributed by atoms with van der Waals surface area (Å²) in [6.45, 7) is 1.38. The SMILES string of the molecule is CC(=O)NC1(C(=O)O)CC2c3ccccc3C1c1ccccc12. The summed E-state index contributed by atoms with van der Waals surface area (Å²) < 4.78 is 0. The van der Waals surface area contributed by atoms with Crippen LogP contribution in [0.15, 0.2) is 48.5 Å². The molecule has 0 fully saturated rings. The minimum Gasteiger partial charge on any atom is -0.479 e. The summed E-state index contributed by atoms with van der Waals surface area (Å²) in [5.41, 5.74) is 3.10. The molecule has 1 amide bonds. The highest BCUT2D eigenvalue weighted by atomic mass is 16.4. The van der Waals surface area contributed by atoms with Gasteiger partial charge in [0.2, 0.25) is 5.91 Å². The largest absolute Gasteiger partial charge is 0.479 e. The quantitative estimate of drug-likeness (QED) is 0.896. The molecule has 23 heavy (non-hydrogen) atoms. The lowest BCUT2D eigenvalue weighted by Gasteiger charge is -2.51. The molecular formula is C19H17NO3. The van der Waals surface area contributed by atoms with Crippen LogP contribution in [0.4, 0.5) is 0 Å². The van der Waals surface area contributed by atoms with E-state index in [1.54, 1.807) is 0 Å². The van der Waals surface area contributed by atoms with Crippen LogP contribution < -0.4 is 5.32 Å². The van der Waals surface area contributed by atoms with Gasteiger partial charge in [0.25, 0.3) is 0 Å². The molecule has 0 radical (unpaired) electrons. The van der Waals surface area contributed by atoms with Crippen LogP contribution in [0.25, 0.3) is 0 Å². The monoisotopic (exact) mass is 307 g/mol. The summed E-state index contributed by atoms with van der Waals surface area (Å²) in [6, 6.07) is 16.0. The Bertz CT molecular complexity index is 781. The highest BCUT2D eigenvalue weighted by molar-refractivity contribution is 5.90. The second-order valence-electron chi connectivity index (χ2n) is 6.41. The number of carbonyl (C=O) groups is 2. The van der Waals surface area contributed by atoms with Crippen LogP contribution in [0.5, 0.6) is 0 Å². The van der Waals surface area contributed by atoms with Gasteiger partial charge in [0.15, 0.2) is 0 Å². The van der Waals surface area contributed by atoms with E-state index in [-0.39, 0.29) is 17.7 Å². The van der Waals surface area contributed by atoms with Crippen LogP contribution in [-0.2, 0) is 9.59 Å². The molecule has 2 N–H and O–H groups in total. The van der Waals surface area contributed by atoms with Crippen molar-refractivity contribution < 1.29 is 14.7 Å². The van der Waals surface area contributed by atoms with Gasteiger partial charge in [-0.2, -0.15) is 0 Å². The van der Waals surface area contributed by atoms with E-state index in [0.29, 0.717) is 6.42 Å². The van der Waals surface area contributed by atoms with Crippen LogP contribution in [0.3, 0.4) is 0 Å². The Kier molecular flexibility index (Phi) is 2.85. The van der Waals surface area contributed by atoms with Crippen molar-refractivity contribution in [3.05, 3.63) is 70.8 Å². The first kappa shape index (κ1) is 14.0. The maximum absolute atomic E-state index is 12.2. The number of amides is 1. The summed E-state index contributed by atoms with van der Waals surface area (Å²) in [5.74, 6) is -1.64. The molecule has 2 bridgehead atoms. The molecule has 2 aromatic rings. The third-order valence-electron chi connectivity index (χ3n) is 5.16. The molecule has 0 saturated heterocycles. The van der Waals surface area contributed by atoms with Crippen molar-refractivity contribution in [3.63, 3.8) is 0 Å². The zero-order valence-electron chi connectivity index (χ0n) is 12.7. The summed E-state index contributed by atoms with van der Waals surface area (Å²) in [6.07, 6.45) is 0.389. The number of nitrogens with one attached hydrogen (secondary N) is 1. The van der Waals surface area contributed by atoms with Gasteiger partial charge in [-0.1, -0.05) is 48.5 Å². The van der Waals surface area contributed by atoms with Crippen molar-refractivity contribution in [2.45, 2.75) is 30.7 Å². The lowest BCUT2D eigenvalue weighted by atomic mass is 9.55. The fourth-order valence-electron chi connectivity index (χ4n) is 4.41. The lowest BCUT2D eigenvalue weighted by molar-refractivity contribution is -0.149. The van der Waals surface area contributed by atoms with Crippen molar-refractivity contribution in [3.8, 4) is 0 Å². The number of carboxylic acids is 1. The van der Waals surface area contributed by atoms with Gasteiger partial charge in [-0.15, -0.1) is 0 Å². The number of carboxylic acid groups (broad SMARTS) is 1. The molecule has 2 aromatic carbocycles. The Hall–Kier alpha value is -2.62. The number of hydrogen-bond donors (Lipinski definition) is 2. The van der Waals surface area contributed by atoms with Gasteiger partial charge in [0.05, 0.1) is 0 Å². The van der Waals surface area contributed by atoms with E-state index in [2.05, 4.69) is 17.4 Å². The minimum absolute atomic E-state index is 0.00431. The van der Waals surface area contributed by atoms with Gasteiger partial charge < -0.3 is 10.4 Å². The molecule has 0 saturated carbocycles. The van der Waals surface area contributed by atoms with Crippen LogP contribution in [0.1, 0.15) is 47.4 Å². The average Bonchev–Trinajstić information content (AvgIpc) is 2.54. The first-order chi connectivity index (χ1) is 11.0. The second-order valence-corrected chi connectivity index (χ2v) is 6.41. The number of carbonyl (C=O) groups excluding carboxylic acids is 1. The average molecular weight is 307 g/mol. The van der Waals surface area contributed by atoms with Crippen molar-refractivity contribution in [2.24, 2.45) is 0 Å². The fraction of sp³-hybridized carbons (Fsp3) is 0.263. The topological polar surface area (TPSA) is 66.4 Å². The summed E-state index contributed by atoms with van der Waals surface area (Å²) in [7, 11) is 0. The van der Waals surface area contributed by atoms with Crippen molar-refractivity contribution in [1.29, 1.82) is 0 Å². The Labute approximate surface area is 134 Å². The highest BCUT2D eigenvalue weighted by Gasteiger charge is 2.57. The maximum Gasteiger partial charge on any atom is 0.330 e. The third kappa shape index (κ3) is 1.78. The molecule has 116 valence electrons. The van der Waals surface area contributed by atoms with Gasteiger partial charge in [-0.05, 0) is 28.7 Å². The van der Waals surface area contributed by atoms with Crippen LogP contribution in [-0.4, -0.2) is 22.5 Å². The van der Waals surface area contributed by atoms with Gasteiger partial charge in [-0.3, -0.25) is 4.79 Å². The number of rotatable bonds is 2. The molecule has 0 aliphatic heterocycles. The fourth-order valence-corrected chi connectivity index (χ4v) is 4.41. The number of hydrogen-bond acceptors (Lipinski definition) is 2. The number of aliphatic carboxylic acids is 1. The van der Waals surface area contributed by atoms with Crippen LogP contribution in [0, 0.1) is 0 Å². The van der Waals surface area contributed by atoms with Crippen molar-refractivity contribution in [1.82, 2.24) is 5.32 Å². The Balaban J connectivity index is 2.02. The molecule has 3 aliphatic carbocycles. The van der Waals surface area contributed by atoms with Crippen LogP contribution >= 0.6 is 0 Å². The molecule has 3 aliphatic rings. The van der Waals surface area contributed by atoms with E-state index in [1.807, 2.05) is 36.4 Å². The van der Waals surface area contributed by atoms with Crippen molar-refractivity contribution in [2.75, 3.05) is 0 Å². The zero-order valence-corrected chi connectivity index (χ0v) is 12.7. The first-order valence-electron chi connectivity index (χ1n) is 7.74. The Morgan fingerprint density at radius 3 is 1.91 bits per heavy atom. The maximum atomic E-state index is 12.2. The predicted molar refractivity (Wildman–Crippen MR) is 85.4 cm³/mol. The van der Waals surface area contributed by atoms with Gasteiger partial charge in [0, 0.05) is 18.8 Å². The molecule has 1 atom stereocenters. The molecule has 4 nitrogen and oxygen atoms in total. The standard InChI is InChI=1S/C19H17NO3/c1-11(21)20-19(18(22)23)10-16-12-6-2-4-8-14(12)17(19)15-9-5-3-7-13(15)16/h2-9,16-17H,10H2,1H3,(H,20,21)(H,22,23). The van der Waals surface area contributed by atoms with E-state index >= 15 is 0 Å². The predicted octanol–water partition coefficient (Wildman–Crippen LogP) is 2.63. The lowest BCUT2D eigenvalue weighted by Crippen LogP contribution is -2.62. The molecule has 4 heteroatoms. The highest BCUT2D eigenvalue weighted by Crippen LogP contribution is 2.57. The first-order valence-corrected chi connectivity index (χ1v) is 7.74.